The lowest BCUT2D eigenvalue weighted by Gasteiger charge is -2.62. The van der Waals surface area contributed by atoms with Gasteiger partial charge in [-0.3, -0.25) is 0 Å². The Morgan fingerprint density at radius 3 is 0.207 bits per heavy atom. The van der Waals surface area contributed by atoms with Crippen molar-refractivity contribution < 1.29 is 0 Å². The molecule has 0 aliphatic carbocycles. The molecule has 92 heteroatoms. The van der Waals surface area contributed by atoms with Gasteiger partial charge in [0.2, 0.25) is 0 Å². The van der Waals surface area contributed by atoms with Gasteiger partial charge in [-0.05, 0) is 0 Å². The van der Waals surface area contributed by atoms with E-state index in [1.807, 2.05) is 0 Å². The van der Waals surface area contributed by atoms with Gasteiger partial charge in [-0.1, -0.05) is 0 Å². The van der Waals surface area contributed by atoms with Crippen LogP contribution in [0, 0.1) is 0 Å². The number of rotatable bonds is 44. The van der Waals surface area contributed by atoms with E-state index in [2.05, 4.69) is 364 Å². The monoisotopic (exact) mass is 1110 g/mol. The minimum Gasteiger partial charge on any atom is 0.000000611 e. The molecule has 92 heavy (non-hydrogen) atoms. The molecule has 0 amide bonds. The van der Waals surface area contributed by atoms with E-state index in [1.165, 1.54) is 0 Å². The molecule has 0 bridgehead atoms. The molecule has 0 nitrogen and oxygen atoms in total. The first-order valence-corrected chi connectivity index (χ1v) is 41.8. The Morgan fingerprint density at radius 1 is 0.0652 bits per heavy atom. The normalized spacial score (nSPS) is 9.83. The summed E-state index contributed by atoms with van der Waals surface area (Å²) in [6, 6.07) is 0. The van der Waals surface area contributed by atoms with Crippen LogP contribution in [0.2, 0.25) is 0 Å². The molecular weight excluding hydrogens is 995 g/mol. The molecular formula is H94B92. The molecule has 0 saturated heterocycles. The highest BCUT2D eigenvalue weighted by molar-refractivity contribution is 8.43. The molecule has 0 heterocycles. The third-order valence-corrected chi connectivity index (χ3v) is 27.5. The van der Waals surface area contributed by atoms with Crippen LogP contribution in [0.25, 0.3) is 0 Å². The first-order chi connectivity index (χ1) is 41.8. The molecule has 0 spiro atoms. The smallest absolute Gasteiger partial charge is 0.000000611 e. The fourth-order valence-corrected chi connectivity index (χ4v) is 26.6. The molecule has 0 atom stereocenters. The zero-order valence-corrected chi connectivity index (χ0v) is 73.0. The number of hydrogen-bond acceptors (Lipinski definition) is 0. The maximum absolute atomic E-state index is 2.90. The lowest BCUT2D eigenvalue weighted by atomic mass is 8.19. The predicted octanol–water partition coefficient (Wildman–Crippen LogP) is -60.2. The van der Waals surface area contributed by atoms with Crippen LogP contribution in [0.5, 0.6) is 0 Å². The predicted molar refractivity (Wildman–Crippen MR) is 660 cm³/mol. The quantitative estimate of drug-likeness (QED) is 0.0534. The summed E-state index contributed by atoms with van der Waals surface area (Å²) >= 11 is 0. The molecule has 0 aromatic heterocycles. The second-order valence-electron chi connectivity index (χ2n) is 41.6. The van der Waals surface area contributed by atoms with Gasteiger partial charge in [-0.2, -0.15) is 0 Å². The molecule has 0 aliphatic rings. The van der Waals surface area contributed by atoms with Crippen molar-refractivity contribution >= 4 is 651 Å². The summed E-state index contributed by atoms with van der Waals surface area (Å²) in [5.41, 5.74) is 0. The van der Waals surface area contributed by atoms with Gasteiger partial charge in [0.1, 0.15) is 0 Å². The van der Waals surface area contributed by atoms with Gasteiger partial charge in [-0.15, -0.1) is 0 Å². The Bertz CT molecular complexity index is 1500. The standard InChI is InChI=1S/B92H94/c1-48(2)71(47)83(72(49(3)4)50(5)6)89(84(73(51(7)8)52(9)10)74(53(11)12)54(13)14)92(90(85(75(55(15)16)56(17)18)76(57(19)20)58(21)22)86(77(59(23)24)60(25)26)78(61(27)28)62(29)30)91(87(79(63(31)32)64(33)34)80(65(35)36)66(37)38)88(81(67(39)40)68(41)42)82(69(43)44)70(45)46/h1-47H2. The summed E-state index contributed by atoms with van der Waals surface area (Å²) in [5, 5.41) is 0. The summed E-state index contributed by atoms with van der Waals surface area (Å²) < 4.78 is 0. The Labute approximate surface area is 644 Å². The van der Waals surface area contributed by atoms with Crippen molar-refractivity contribution in [1.82, 2.24) is 0 Å². The Hall–Kier alpha value is 5.97. The zero-order chi connectivity index (χ0) is 73.0. The molecule has 0 unspecified atom stereocenters. The largest absolute Gasteiger partial charge is 0.0552 e. The van der Waals surface area contributed by atoms with Gasteiger partial charge >= 0.3 is 0 Å². The Balaban J connectivity index is 14.0. The average molecular weight is 1090 g/mol. The molecule has 0 aromatic rings. The van der Waals surface area contributed by atoms with Crippen LogP contribution in [0.15, 0.2) is 0 Å². The fourth-order valence-electron chi connectivity index (χ4n) is 26.6. The van der Waals surface area contributed by atoms with Crippen molar-refractivity contribution in [2.24, 2.45) is 0 Å². The van der Waals surface area contributed by atoms with Crippen LogP contribution in [0.1, 0.15) is 0 Å². The van der Waals surface area contributed by atoms with Crippen LogP contribution in [0.4, 0.5) is 0 Å². The summed E-state index contributed by atoms with van der Waals surface area (Å²) in [5.74, 6) is 0. The van der Waals surface area contributed by atoms with E-state index in [4.69, 9.17) is 0 Å². The maximum Gasteiger partial charge on any atom is 0.0552 e. The van der Waals surface area contributed by atoms with Crippen LogP contribution in [-0.2, 0) is 0 Å². The molecule has 370 valence electrons. The van der Waals surface area contributed by atoms with Crippen molar-refractivity contribution in [1.29, 1.82) is 0 Å². The van der Waals surface area contributed by atoms with E-state index in [-0.39, 0.29) is 0 Å². The van der Waals surface area contributed by atoms with Gasteiger partial charge in [0.25, 0.3) is 0 Å². The highest BCUT2D eigenvalue weighted by Gasteiger charge is 2.68. The molecule has 0 aromatic carbocycles. The molecule has 0 N–H and O–H groups in total. The topological polar surface area (TPSA) is 0 Å². The van der Waals surface area contributed by atoms with E-state index in [9.17, 15) is 0 Å². The zero-order valence-electron chi connectivity index (χ0n) is 73.0. The maximum atomic E-state index is 2.90. The molecule has 0 radical (unpaired) electrons. The van der Waals surface area contributed by atoms with Crippen molar-refractivity contribution in [3.05, 3.63) is 0 Å². The Kier molecular flexibility index (Phi) is 47.9. The van der Waals surface area contributed by atoms with E-state index < -0.39 is 0 Å². The molecule has 0 aliphatic heterocycles. The Morgan fingerprint density at radius 2 is 0.130 bits per heavy atom. The van der Waals surface area contributed by atoms with Gasteiger partial charge < -0.3 is 0 Å². The van der Waals surface area contributed by atoms with Crippen molar-refractivity contribution in [2.45, 2.75) is 0 Å². The van der Waals surface area contributed by atoms with Crippen molar-refractivity contribution in [3.63, 3.8) is 0 Å². The summed E-state index contributed by atoms with van der Waals surface area (Å²) in [6.45, 7) is 0. The minimum atomic E-state index is 0.455. The van der Waals surface area contributed by atoms with Gasteiger partial charge in [0.05, 0.1) is 364 Å². The third-order valence-electron chi connectivity index (χ3n) is 27.5. The summed E-state index contributed by atoms with van der Waals surface area (Å²) in [4.78, 5) is 0. The SMILES string of the molecule is BB(B)B(B)B(B(B(B)B)B(B)B)B(B(B(B(B)B)B(B)B)B(B(B)B)B(B)B)B(B(B(B(B(B)B)B(B)B)B(B(B)B)B(B)B)B(B(B(B)B)B(B)B)B(B(B)B)B(B)B)B(B(B(B(B)B)B(B)B)B(B(B)B)B(B)B)B(B(B(B)B)B(B)B)B(B(B)B)B(B)B. The lowest BCUT2D eigenvalue weighted by molar-refractivity contribution is 3.13. The third kappa shape index (κ3) is 26.1. The van der Waals surface area contributed by atoms with Crippen molar-refractivity contribution in [3.8, 4) is 0 Å². The highest BCUT2D eigenvalue weighted by Crippen LogP contribution is 2.29. The van der Waals surface area contributed by atoms with E-state index in [0.29, 0.717) is 287 Å². The first kappa shape index (κ1) is 98.0. The van der Waals surface area contributed by atoms with E-state index in [1.54, 1.807) is 0 Å². The lowest BCUT2D eigenvalue weighted by Crippen LogP contribution is -3.01. The minimum absolute atomic E-state index is 0.455. The second-order valence-corrected chi connectivity index (χ2v) is 41.6. The van der Waals surface area contributed by atoms with Crippen LogP contribution >= 0.6 is 0 Å². The molecule has 0 rings (SSSR count). The van der Waals surface area contributed by atoms with Gasteiger partial charge in [-0.25, -0.2) is 0 Å². The van der Waals surface area contributed by atoms with E-state index in [0.717, 1.165) is 0 Å². The van der Waals surface area contributed by atoms with Crippen LogP contribution < -0.4 is 0 Å². The van der Waals surface area contributed by atoms with Gasteiger partial charge in [0, 0.05) is 287 Å². The molecule has 0 saturated carbocycles. The first-order valence-electron chi connectivity index (χ1n) is 41.8. The fraction of sp³-hybridized carbons (Fsp3) is 0. The average Bonchev–Trinajstić information content (AvgIpc) is 3.33. The van der Waals surface area contributed by atoms with E-state index >= 15 is 0 Å². The van der Waals surface area contributed by atoms with Crippen LogP contribution in [-0.4, -0.2) is 651 Å². The summed E-state index contributed by atoms with van der Waals surface area (Å²) in [7, 11) is 129. The molecule has 0 fully saturated rings. The van der Waals surface area contributed by atoms with Gasteiger partial charge in [0.15, 0.2) is 0 Å². The van der Waals surface area contributed by atoms with Crippen LogP contribution in [0.3, 0.4) is 0 Å². The summed E-state index contributed by atoms with van der Waals surface area (Å²) in [6.07, 6.45) is 24.5. The van der Waals surface area contributed by atoms with Crippen molar-refractivity contribution in [2.75, 3.05) is 0 Å². The second kappa shape index (κ2) is 44.9. The number of hydrogen-bond donors (Lipinski definition) is 0. The highest BCUT2D eigenvalue weighted by atomic mass is 13.5.